The van der Waals surface area contributed by atoms with Crippen LogP contribution in [0.15, 0.2) is 27.6 Å². The number of hydrogen-bond donors (Lipinski definition) is 3. The number of aryl methyl sites for hydroxylation is 1. The summed E-state index contributed by atoms with van der Waals surface area (Å²) in [4.78, 5) is 4.60. The number of aliphatic hydroxyl groups is 1. The summed E-state index contributed by atoms with van der Waals surface area (Å²) >= 11 is 0. The van der Waals surface area contributed by atoms with Gasteiger partial charge in [0.25, 0.3) is 0 Å². The van der Waals surface area contributed by atoms with Gasteiger partial charge in [-0.3, -0.25) is 0 Å². The van der Waals surface area contributed by atoms with Gasteiger partial charge in [-0.15, -0.1) is 24.0 Å². The van der Waals surface area contributed by atoms with Gasteiger partial charge in [0.15, 0.2) is 5.96 Å². The first-order valence-corrected chi connectivity index (χ1v) is 9.39. The van der Waals surface area contributed by atoms with E-state index >= 15 is 0 Å². The van der Waals surface area contributed by atoms with Gasteiger partial charge in [-0.1, -0.05) is 13.3 Å². The van der Waals surface area contributed by atoms with Crippen LogP contribution in [0.3, 0.4) is 0 Å². The molecule has 0 aliphatic heterocycles. The maximum Gasteiger partial charge on any atom is 0.191 e. The van der Waals surface area contributed by atoms with Crippen LogP contribution in [0.5, 0.6) is 0 Å². The van der Waals surface area contributed by atoms with Gasteiger partial charge in [-0.25, -0.2) is 9.38 Å². The maximum absolute atomic E-state index is 13.4. The number of fused-ring (bicyclic) bond motifs is 1. The number of aliphatic imine (C=N–C) groups is 1. The normalized spacial score (nSPS) is 12.7. The SMILES string of the molecule is CCCC(CCO)CNC(=NCc1oc2ccc(F)cc2c1C)NCC.I. The Labute approximate surface area is 177 Å². The second kappa shape index (κ2) is 12.2. The number of halogens is 2. The smallest absolute Gasteiger partial charge is 0.191 e. The van der Waals surface area contributed by atoms with E-state index in [1.807, 2.05) is 13.8 Å². The fraction of sp³-hybridized carbons (Fsp3) is 0.550. The molecule has 27 heavy (non-hydrogen) atoms. The molecule has 0 saturated carbocycles. The van der Waals surface area contributed by atoms with Gasteiger partial charge >= 0.3 is 0 Å². The molecule has 1 aromatic heterocycles. The summed E-state index contributed by atoms with van der Waals surface area (Å²) < 4.78 is 19.3. The van der Waals surface area contributed by atoms with E-state index in [2.05, 4.69) is 22.5 Å². The zero-order valence-electron chi connectivity index (χ0n) is 16.3. The average Bonchev–Trinajstić information content (AvgIpc) is 2.93. The Balaban J connectivity index is 0.00000364. The molecule has 1 unspecified atom stereocenters. The summed E-state index contributed by atoms with van der Waals surface area (Å²) in [6.45, 7) is 8.21. The molecule has 0 bridgehead atoms. The van der Waals surface area contributed by atoms with Crippen molar-refractivity contribution in [1.82, 2.24) is 10.6 Å². The third-order valence-corrected chi connectivity index (χ3v) is 4.51. The maximum atomic E-state index is 13.4. The molecule has 2 rings (SSSR count). The van der Waals surface area contributed by atoms with Crippen LogP contribution in [0.25, 0.3) is 11.0 Å². The molecular formula is C20H31FIN3O2. The van der Waals surface area contributed by atoms with E-state index in [0.717, 1.165) is 55.0 Å². The first-order chi connectivity index (χ1) is 12.6. The van der Waals surface area contributed by atoms with E-state index in [9.17, 15) is 9.50 Å². The molecule has 5 nitrogen and oxygen atoms in total. The highest BCUT2D eigenvalue weighted by molar-refractivity contribution is 14.0. The second-order valence-corrected chi connectivity index (χ2v) is 6.53. The number of nitrogens with zero attached hydrogens (tertiary/aromatic N) is 1. The Morgan fingerprint density at radius 1 is 1.26 bits per heavy atom. The fourth-order valence-corrected chi connectivity index (χ4v) is 3.07. The molecule has 0 aliphatic carbocycles. The topological polar surface area (TPSA) is 69.8 Å². The van der Waals surface area contributed by atoms with Crippen LogP contribution in [0.1, 0.15) is 44.4 Å². The lowest BCUT2D eigenvalue weighted by atomic mass is 10.0. The summed E-state index contributed by atoms with van der Waals surface area (Å²) in [5.74, 6) is 1.61. The number of rotatable bonds is 9. The van der Waals surface area contributed by atoms with Crippen molar-refractivity contribution in [3.05, 3.63) is 35.3 Å². The van der Waals surface area contributed by atoms with Gasteiger partial charge in [-0.2, -0.15) is 0 Å². The predicted molar refractivity (Wildman–Crippen MR) is 119 cm³/mol. The van der Waals surface area contributed by atoms with Crippen LogP contribution in [-0.4, -0.2) is 30.8 Å². The van der Waals surface area contributed by atoms with E-state index in [1.165, 1.54) is 12.1 Å². The highest BCUT2D eigenvalue weighted by atomic mass is 127. The van der Waals surface area contributed by atoms with E-state index < -0.39 is 0 Å². The fourth-order valence-electron chi connectivity index (χ4n) is 3.07. The Morgan fingerprint density at radius 2 is 2.04 bits per heavy atom. The summed E-state index contributed by atoms with van der Waals surface area (Å²) in [6.07, 6.45) is 2.95. The molecule has 152 valence electrons. The molecule has 1 heterocycles. The quantitative estimate of drug-likeness (QED) is 0.277. The molecule has 1 atom stereocenters. The van der Waals surface area contributed by atoms with Gasteiger partial charge < -0.3 is 20.2 Å². The molecule has 2 aromatic rings. The minimum Gasteiger partial charge on any atom is -0.459 e. The van der Waals surface area contributed by atoms with Gasteiger partial charge in [-0.05, 0) is 50.8 Å². The van der Waals surface area contributed by atoms with Crippen molar-refractivity contribution in [2.24, 2.45) is 10.9 Å². The number of hydrogen-bond acceptors (Lipinski definition) is 3. The van der Waals surface area contributed by atoms with E-state index in [-0.39, 0.29) is 36.4 Å². The average molecular weight is 491 g/mol. The third kappa shape index (κ3) is 6.95. The molecule has 0 fully saturated rings. The zero-order chi connectivity index (χ0) is 18.9. The van der Waals surface area contributed by atoms with Gasteiger partial charge in [0.2, 0.25) is 0 Å². The monoisotopic (exact) mass is 491 g/mol. The minimum absolute atomic E-state index is 0. The number of aliphatic hydroxyl groups excluding tert-OH is 1. The van der Waals surface area contributed by atoms with Crippen LogP contribution >= 0.6 is 24.0 Å². The van der Waals surface area contributed by atoms with E-state index in [0.29, 0.717) is 18.0 Å². The van der Waals surface area contributed by atoms with Crippen molar-refractivity contribution >= 4 is 40.9 Å². The predicted octanol–water partition coefficient (Wildman–Crippen LogP) is 4.35. The number of guanidine groups is 1. The largest absolute Gasteiger partial charge is 0.459 e. The lowest BCUT2D eigenvalue weighted by molar-refractivity contribution is 0.251. The van der Waals surface area contributed by atoms with Crippen molar-refractivity contribution in [2.45, 2.75) is 46.6 Å². The Kier molecular flexibility index (Phi) is 10.7. The van der Waals surface area contributed by atoms with Crippen molar-refractivity contribution in [3.8, 4) is 0 Å². The van der Waals surface area contributed by atoms with Gasteiger partial charge in [0.05, 0.1) is 0 Å². The van der Waals surface area contributed by atoms with Gasteiger partial charge in [0.1, 0.15) is 23.7 Å². The summed E-state index contributed by atoms with van der Waals surface area (Å²) in [6, 6.07) is 4.55. The summed E-state index contributed by atoms with van der Waals surface area (Å²) in [5, 5.41) is 16.6. The minimum atomic E-state index is -0.266. The van der Waals surface area contributed by atoms with Crippen molar-refractivity contribution < 1.29 is 13.9 Å². The lowest BCUT2D eigenvalue weighted by Crippen LogP contribution is -2.40. The highest BCUT2D eigenvalue weighted by Gasteiger charge is 2.12. The van der Waals surface area contributed by atoms with E-state index in [1.54, 1.807) is 6.07 Å². The molecule has 0 aliphatic rings. The van der Waals surface area contributed by atoms with Crippen LogP contribution in [0.2, 0.25) is 0 Å². The lowest BCUT2D eigenvalue weighted by Gasteiger charge is -2.18. The second-order valence-electron chi connectivity index (χ2n) is 6.53. The van der Waals surface area contributed by atoms with Gasteiger partial charge in [0, 0.05) is 30.6 Å². The van der Waals surface area contributed by atoms with Crippen LogP contribution in [0.4, 0.5) is 4.39 Å². The Morgan fingerprint density at radius 3 is 2.70 bits per heavy atom. The zero-order valence-corrected chi connectivity index (χ0v) is 18.7. The number of nitrogens with one attached hydrogen (secondary N) is 2. The molecule has 0 amide bonds. The van der Waals surface area contributed by atoms with Crippen LogP contribution in [0, 0.1) is 18.7 Å². The first kappa shape index (κ1) is 23.7. The molecular weight excluding hydrogens is 460 g/mol. The Bertz CT molecular complexity index is 727. The van der Waals surface area contributed by atoms with Crippen molar-refractivity contribution in [1.29, 1.82) is 0 Å². The van der Waals surface area contributed by atoms with E-state index in [4.69, 9.17) is 4.42 Å². The third-order valence-electron chi connectivity index (χ3n) is 4.51. The summed E-state index contributed by atoms with van der Waals surface area (Å²) in [5.41, 5.74) is 1.60. The highest BCUT2D eigenvalue weighted by Crippen LogP contribution is 2.26. The number of benzene rings is 1. The molecule has 3 N–H and O–H groups in total. The first-order valence-electron chi connectivity index (χ1n) is 9.39. The molecule has 0 spiro atoms. The van der Waals surface area contributed by atoms with Crippen LogP contribution < -0.4 is 10.6 Å². The summed E-state index contributed by atoms with van der Waals surface area (Å²) in [7, 11) is 0. The molecule has 0 radical (unpaired) electrons. The van der Waals surface area contributed by atoms with Crippen molar-refractivity contribution in [2.75, 3.05) is 19.7 Å². The number of furan rings is 1. The molecule has 0 saturated heterocycles. The molecule has 1 aromatic carbocycles. The van der Waals surface area contributed by atoms with Crippen LogP contribution in [-0.2, 0) is 6.54 Å². The molecule has 7 heteroatoms. The van der Waals surface area contributed by atoms with Crippen molar-refractivity contribution in [3.63, 3.8) is 0 Å². The Hall–Kier alpha value is -1.35. The standard InChI is InChI=1S/C20H30FN3O2.HI/c1-4-6-15(9-10-25)12-23-20(22-5-2)24-13-19-14(3)17-11-16(21)7-8-18(17)26-19;/h7-8,11,15,25H,4-6,9-10,12-13H2,1-3H3,(H2,22,23,24);1H.